The Morgan fingerprint density at radius 3 is 2.46 bits per heavy atom. The van der Waals surface area contributed by atoms with E-state index in [0.717, 1.165) is 37.6 Å². The van der Waals surface area contributed by atoms with E-state index in [1.165, 1.54) is 36.8 Å². The molecule has 1 aliphatic rings. The Kier molecular flexibility index (Phi) is 16.7. The molecule has 2 aromatic heterocycles. The van der Waals surface area contributed by atoms with Gasteiger partial charge in [-0.1, -0.05) is 35.1 Å². The van der Waals surface area contributed by atoms with Gasteiger partial charge in [-0.15, -0.1) is 0 Å². The molecule has 0 saturated carbocycles. The van der Waals surface area contributed by atoms with Crippen LogP contribution < -0.4 is 31.3 Å². The van der Waals surface area contributed by atoms with Crippen LogP contribution in [0.2, 0.25) is 5.02 Å². The second kappa shape index (κ2) is 22.1. The van der Waals surface area contributed by atoms with Crippen molar-refractivity contribution in [1.82, 2.24) is 19.9 Å². The number of Topliss-reactive ketones (excluding diaryl/α,β-unsaturated/α-hetero) is 1. The van der Waals surface area contributed by atoms with Gasteiger partial charge in [0.1, 0.15) is 46.9 Å². The van der Waals surface area contributed by atoms with Crippen molar-refractivity contribution in [1.29, 1.82) is 0 Å². The number of halogens is 1. The van der Waals surface area contributed by atoms with Gasteiger partial charge in [-0.25, -0.2) is 15.0 Å². The van der Waals surface area contributed by atoms with Crippen LogP contribution in [0.15, 0.2) is 42.6 Å². The zero-order valence-electron chi connectivity index (χ0n) is 33.0. The molecule has 3 heterocycles. The molecule has 0 aliphatic carbocycles. The SMILES string of the molecule is COc1ccc(NC(=O)COCCOCCCC(=O)COCCN2CCN(c3cc(Nc4ncc(C(=O)Nc5c(C)cccc5Cl)s4)nc(C)n3)CC2)c(O)c1C(N)=O. The number of hydrogen-bond acceptors (Lipinski definition) is 16. The van der Waals surface area contributed by atoms with Gasteiger partial charge in [0, 0.05) is 51.8 Å². The number of ketones is 1. The molecule has 0 atom stereocenters. The van der Waals surface area contributed by atoms with Crippen LogP contribution in [0.25, 0.3) is 0 Å². The lowest BCUT2D eigenvalue weighted by Gasteiger charge is -2.35. The van der Waals surface area contributed by atoms with Crippen LogP contribution in [0.1, 0.15) is 44.3 Å². The van der Waals surface area contributed by atoms with Crippen molar-refractivity contribution < 1.29 is 43.2 Å². The molecular weight excluding hydrogens is 806 g/mol. The van der Waals surface area contributed by atoms with E-state index in [0.29, 0.717) is 65.0 Å². The highest BCUT2D eigenvalue weighted by Gasteiger charge is 2.21. The summed E-state index contributed by atoms with van der Waals surface area (Å²) < 4.78 is 21.5. The van der Waals surface area contributed by atoms with Crippen molar-refractivity contribution in [3.05, 3.63) is 69.4 Å². The molecule has 316 valence electrons. The fourth-order valence-corrected chi connectivity index (χ4v) is 6.95. The molecule has 4 aromatic rings. The summed E-state index contributed by atoms with van der Waals surface area (Å²) in [6.07, 6.45) is 2.35. The number of aromatic nitrogens is 3. The normalized spacial score (nSPS) is 12.9. The number of benzene rings is 2. The summed E-state index contributed by atoms with van der Waals surface area (Å²) in [6.45, 7) is 8.38. The quantitative estimate of drug-likeness (QED) is 0.0552. The molecule has 0 unspecified atom stereocenters. The highest BCUT2D eigenvalue weighted by Crippen LogP contribution is 2.34. The summed E-state index contributed by atoms with van der Waals surface area (Å²) in [4.78, 5) is 67.4. The first-order chi connectivity index (χ1) is 28.4. The molecule has 59 heavy (non-hydrogen) atoms. The molecule has 3 amide bonds. The van der Waals surface area contributed by atoms with Crippen molar-refractivity contribution in [2.75, 3.05) is 100 Å². The number of para-hydroxylation sites is 1. The molecule has 5 rings (SSSR count). The number of ether oxygens (including phenoxy) is 4. The number of aryl methyl sites for hydroxylation is 2. The lowest BCUT2D eigenvalue weighted by atomic mass is 10.1. The fraction of sp³-hybridized carbons (Fsp3) is 0.410. The van der Waals surface area contributed by atoms with Crippen molar-refractivity contribution in [2.45, 2.75) is 26.7 Å². The molecule has 6 N–H and O–H groups in total. The van der Waals surface area contributed by atoms with Crippen LogP contribution in [-0.4, -0.2) is 128 Å². The minimum Gasteiger partial charge on any atom is -0.505 e. The maximum atomic E-state index is 12.9. The van der Waals surface area contributed by atoms with E-state index in [4.69, 9.17) is 36.3 Å². The lowest BCUT2D eigenvalue weighted by Crippen LogP contribution is -2.47. The van der Waals surface area contributed by atoms with E-state index < -0.39 is 17.6 Å². The number of methoxy groups -OCH3 is 1. The van der Waals surface area contributed by atoms with Crippen molar-refractivity contribution in [2.24, 2.45) is 5.73 Å². The number of phenols is 1. The predicted octanol–water partition coefficient (Wildman–Crippen LogP) is 4.17. The maximum absolute atomic E-state index is 12.9. The van der Waals surface area contributed by atoms with Gasteiger partial charge in [0.15, 0.2) is 16.7 Å². The number of nitrogens with one attached hydrogen (secondary N) is 3. The van der Waals surface area contributed by atoms with Gasteiger partial charge >= 0.3 is 0 Å². The van der Waals surface area contributed by atoms with Crippen LogP contribution >= 0.6 is 22.9 Å². The average Bonchev–Trinajstić information content (AvgIpc) is 3.68. The van der Waals surface area contributed by atoms with Gasteiger partial charge in [0.2, 0.25) is 5.91 Å². The number of rotatable bonds is 22. The number of aromatic hydroxyl groups is 1. The smallest absolute Gasteiger partial charge is 0.267 e. The van der Waals surface area contributed by atoms with Crippen molar-refractivity contribution >= 4 is 74.6 Å². The number of piperazine rings is 1. The Labute approximate surface area is 350 Å². The van der Waals surface area contributed by atoms with E-state index >= 15 is 0 Å². The Hall–Kier alpha value is -5.44. The molecule has 20 heteroatoms. The number of carbonyl (C=O) groups excluding carboxylic acids is 4. The number of amides is 3. The van der Waals surface area contributed by atoms with E-state index in [1.54, 1.807) is 6.07 Å². The maximum Gasteiger partial charge on any atom is 0.267 e. The van der Waals surface area contributed by atoms with Gasteiger partial charge in [-0.3, -0.25) is 24.1 Å². The molecule has 2 aromatic carbocycles. The van der Waals surface area contributed by atoms with Crippen LogP contribution in [0, 0.1) is 13.8 Å². The van der Waals surface area contributed by atoms with Gasteiger partial charge in [0.25, 0.3) is 11.8 Å². The van der Waals surface area contributed by atoms with Crippen molar-refractivity contribution in [3.63, 3.8) is 0 Å². The Balaban J connectivity index is 0.909. The number of primary amides is 1. The first-order valence-corrected chi connectivity index (χ1v) is 20.0. The third-order valence-corrected chi connectivity index (χ3v) is 10.2. The van der Waals surface area contributed by atoms with Gasteiger partial charge in [-0.05, 0) is 44.0 Å². The first kappa shape index (κ1) is 44.7. The molecule has 1 aliphatic heterocycles. The van der Waals surface area contributed by atoms with Crippen LogP contribution in [0.3, 0.4) is 0 Å². The van der Waals surface area contributed by atoms with Gasteiger partial charge in [-0.2, -0.15) is 0 Å². The lowest BCUT2D eigenvalue weighted by molar-refractivity contribution is -0.124. The Morgan fingerprint density at radius 1 is 0.949 bits per heavy atom. The van der Waals surface area contributed by atoms with Gasteiger partial charge < -0.3 is 50.6 Å². The fourth-order valence-electron chi connectivity index (χ4n) is 5.97. The largest absolute Gasteiger partial charge is 0.505 e. The molecule has 1 saturated heterocycles. The molecule has 1 fully saturated rings. The summed E-state index contributed by atoms with van der Waals surface area (Å²) in [6, 6.07) is 10.1. The molecule has 0 bridgehead atoms. The van der Waals surface area contributed by atoms with E-state index in [1.807, 2.05) is 32.0 Å². The highest BCUT2D eigenvalue weighted by atomic mass is 35.5. The minimum absolute atomic E-state index is 0.00457. The molecule has 0 spiro atoms. The van der Waals surface area contributed by atoms with Crippen LogP contribution in [0.5, 0.6) is 11.5 Å². The monoisotopic (exact) mass is 853 g/mol. The van der Waals surface area contributed by atoms with Gasteiger partial charge in [0.05, 0.1) is 49.5 Å². The standard InChI is InChI=1S/C39H48ClN9O9S/c1-24-6-4-8-27(40)35(24)47-38(54)30-21-42-39(59-30)46-31-20-32(44-25(2)43-31)49-13-11-48(12-14-49)15-17-57-22-26(50)7-5-16-56-18-19-58-23-33(51)45-28-9-10-29(55-3)34(36(28)52)37(41)53/h4,6,8-10,20-21,52H,5,7,11-19,22-23H2,1-3H3,(H2,41,53)(H,45,51)(H,47,54)(H,42,43,44,46). The number of hydrogen-bond donors (Lipinski definition) is 5. The number of nitrogens with two attached hydrogens (primary N) is 1. The summed E-state index contributed by atoms with van der Waals surface area (Å²) >= 11 is 7.48. The summed E-state index contributed by atoms with van der Waals surface area (Å²) in [5, 5.41) is 19.8. The summed E-state index contributed by atoms with van der Waals surface area (Å²) in [5.41, 5.74) is 6.48. The highest BCUT2D eigenvalue weighted by molar-refractivity contribution is 7.17. The van der Waals surface area contributed by atoms with Crippen LogP contribution in [0.4, 0.5) is 28.1 Å². The van der Waals surface area contributed by atoms with E-state index in [2.05, 4.69) is 40.7 Å². The number of nitrogens with zero attached hydrogens (tertiary/aromatic N) is 5. The molecule has 0 radical (unpaired) electrons. The first-order valence-electron chi connectivity index (χ1n) is 18.8. The Morgan fingerprint density at radius 2 is 1.71 bits per heavy atom. The van der Waals surface area contributed by atoms with Crippen LogP contribution in [-0.2, 0) is 23.8 Å². The number of anilines is 5. The minimum atomic E-state index is -0.902. The number of carbonyl (C=O) groups is 4. The topological polar surface area (TPSA) is 233 Å². The molecular formula is C39H48ClN9O9S. The molecule has 18 nitrogen and oxygen atoms in total. The predicted molar refractivity (Wildman–Crippen MR) is 223 cm³/mol. The van der Waals surface area contributed by atoms with Crippen molar-refractivity contribution in [3.8, 4) is 11.5 Å². The second-order valence-electron chi connectivity index (χ2n) is 13.3. The van der Waals surface area contributed by atoms with E-state index in [-0.39, 0.29) is 55.1 Å². The number of thiazole rings is 1. The zero-order chi connectivity index (χ0) is 42.3. The second-order valence-corrected chi connectivity index (χ2v) is 14.8. The third-order valence-electron chi connectivity index (χ3n) is 8.99. The summed E-state index contributed by atoms with van der Waals surface area (Å²) in [7, 11) is 1.33. The third kappa shape index (κ3) is 13.3. The average molecular weight is 854 g/mol. The Bertz CT molecular complexity index is 2080. The summed E-state index contributed by atoms with van der Waals surface area (Å²) in [5.74, 6) is -0.209. The van der Waals surface area contributed by atoms with E-state index in [9.17, 15) is 24.3 Å². The zero-order valence-corrected chi connectivity index (χ0v) is 34.6.